The highest BCUT2D eigenvalue weighted by molar-refractivity contribution is 5.96. The van der Waals surface area contributed by atoms with Crippen LogP contribution in [0.25, 0.3) is 10.8 Å². The normalized spacial score (nSPS) is 27.5. The Hall–Kier alpha value is -2.04. The predicted molar refractivity (Wildman–Crippen MR) is 102 cm³/mol. The summed E-state index contributed by atoms with van der Waals surface area (Å²) in [7, 11) is 1.03. The minimum atomic E-state index is -1.20. The molecule has 0 N–H and O–H groups in total. The molecule has 0 saturated heterocycles. The fourth-order valence-corrected chi connectivity index (χ4v) is 5.39. The first-order valence-electron chi connectivity index (χ1n) is 10.1. The summed E-state index contributed by atoms with van der Waals surface area (Å²) < 4.78 is 48.2. The van der Waals surface area contributed by atoms with Gasteiger partial charge in [-0.05, 0) is 78.9 Å². The van der Waals surface area contributed by atoms with Crippen LogP contribution in [0.15, 0.2) is 18.2 Å². The van der Waals surface area contributed by atoms with Gasteiger partial charge in [-0.15, -0.1) is 0 Å². The van der Waals surface area contributed by atoms with Gasteiger partial charge in [0.15, 0.2) is 5.82 Å². The van der Waals surface area contributed by atoms with Crippen LogP contribution in [0.4, 0.5) is 13.2 Å². The Kier molecular flexibility index (Phi) is 5.11. The van der Waals surface area contributed by atoms with Gasteiger partial charge in [0.05, 0.1) is 12.5 Å². The smallest absolute Gasteiger partial charge is 0.343 e. The highest BCUT2D eigenvalue weighted by Gasteiger charge is 2.35. The zero-order valence-corrected chi connectivity index (χ0v) is 16.2. The van der Waals surface area contributed by atoms with E-state index in [4.69, 9.17) is 0 Å². The van der Waals surface area contributed by atoms with Crippen molar-refractivity contribution in [2.24, 2.45) is 17.8 Å². The standard InChI is InChI=1S/C23H25F3O2/c1-12-3-4-14-8-15(6-5-13(14)7-12)16-9-17-11-19(25)21(23(27)28-2)22(26)20(17)18(24)10-16/h9-15H,3-8H2,1-2H3/t12?,13-,14+,15?/m0/s1. The molecule has 0 aromatic heterocycles. The number of carbonyl (C=O) groups excluding carboxylic acids is 1. The van der Waals surface area contributed by atoms with Crippen LogP contribution >= 0.6 is 0 Å². The quantitative estimate of drug-likeness (QED) is 0.558. The molecule has 0 spiro atoms. The SMILES string of the molecule is COC(=O)c1c(F)cc2cc(C3CC[C@H]4CC(C)CC[C@@H]4C3)cc(F)c2c1F. The van der Waals surface area contributed by atoms with Crippen LogP contribution in [-0.4, -0.2) is 13.1 Å². The fourth-order valence-electron chi connectivity index (χ4n) is 5.39. The minimum absolute atomic E-state index is 0.150. The predicted octanol–water partition coefficient (Wildman–Crippen LogP) is 6.36. The van der Waals surface area contributed by atoms with Crippen LogP contribution in [0, 0.1) is 35.2 Å². The lowest BCUT2D eigenvalue weighted by molar-refractivity contribution is 0.0590. The lowest BCUT2D eigenvalue weighted by atomic mass is 9.64. The van der Waals surface area contributed by atoms with Crippen molar-refractivity contribution in [2.45, 2.75) is 51.4 Å². The molecule has 0 amide bonds. The molecular weight excluding hydrogens is 365 g/mol. The molecule has 2 nitrogen and oxygen atoms in total. The Bertz CT molecular complexity index is 924. The van der Waals surface area contributed by atoms with E-state index in [1.807, 2.05) is 0 Å². The zero-order chi connectivity index (χ0) is 20.0. The lowest BCUT2D eigenvalue weighted by Gasteiger charge is -2.41. The first-order chi connectivity index (χ1) is 13.4. The van der Waals surface area contributed by atoms with Crippen LogP contribution in [0.2, 0.25) is 0 Å². The van der Waals surface area contributed by atoms with E-state index in [1.54, 1.807) is 6.07 Å². The number of fused-ring (bicyclic) bond motifs is 2. The summed E-state index contributed by atoms with van der Waals surface area (Å²) in [5.74, 6) is -1.73. The number of methoxy groups -OCH3 is 1. The van der Waals surface area contributed by atoms with Gasteiger partial charge in [-0.25, -0.2) is 18.0 Å². The summed E-state index contributed by atoms with van der Waals surface area (Å²) in [6, 6.07) is 4.08. The first kappa shape index (κ1) is 19.3. The van der Waals surface area contributed by atoms with Gasteiger partial charge in [-0.1, -0.05) is 19.4 Å². The summed E-state index contributed by atoms with van der Waals surface area (Å²) in [4.78, 5) is 11.7. The number of rotatable bonds is 2. The van der Waals surface area contributed by atoms with Gasteiger partial charge >= 0.3 is 5.97 Å². The second-order valence-electron chi connectivity index (χ2n) is 8.59. The molecule has 2 saturated carbocycles. The summed E-state index contributed by atoms with van der Waals surface area (Å²) in [6.07, 6.45) is 6.84. The number of carbonyl (C=O) groups is 1. The fraction of sp³-hybridized carbons (Fsp3) is 0.522. The van der Waals surface area contributed by atoms with Crippen molar-refractivity contribution < 1.29 is 22.7 Å². The van der Waals surface area contributed by atoms with Crippen LogP contribution in [0.5, 0.6) is 0 Å². The molecule has 0 aliphatic heterocycles. The third-order valence-electron chi connectivity index (χ3n) is 6.84. The molecule has 2 aromatic carbocycles. The van der Waals surface area contributed by atoms with Crippen LogP contribution in [0.3, 0.4) is 0 Å². The highest BCUT2D eigenvalue weighted by Crippen LogP contribution is 2.48. The molecule has 2 unspecified atom stereocenters. The van der Waals surface area contributed by atoms with E-state index >= 15 is 0 Å². The molecule has 28 heavy (non-hydrogen) atoms. The molecule has 5 heteroatoms. The van der Waals surface area contributed by atoms with E-state index < -0.39 is 29.0 Å². The maximum atomic E-state index is 14.8. The lowest BCUT2D eigenvalue weighted by Crippen LogP contribution is -2.29. The van der Waals surface area contributed by atoms with Gasteiger partial charge < -0.3 is 4.74 Å². The Labute approximate surface area is 163 Å². The molecule has 4 atom stereocenters. The van der Waals surface area contributed by atoms with Gasteiger partial charge in [-0.3, -0.25) is 0 Å². The minimum Gasteiger partial charge on any atom is -0.465 e. The van der Waals surface area contributed by atoms with Crippen molar-refractivity contribution >= 4 is 16.7 Å². The largest absolute Gasteiger partial charge is 0.465 e. The van der Waals surface area contributed by atoms with Crippen molar-refractivity contribution in [3.63, 3.8) is 0 Å². The van der Waals surface area contributed by atoms with E-state index in [-0.39, 0.29) is 16.7 Å². The van der Waals surface area contributed by atoms with Gasteiger partial charge in [0.2, 0.25) is 0 Å². The number of hydrogen-bond donors (Lipinski definition) is 0. The van der Waals surface area contributed by atoms with E-state index in [1.165, 1.54) is 25.3 Å². The van der Waals surface area contributed by atoms with E-state index in [2.05, 4.69) is 11.7 Å². The van der Waals surface area contributed by atoms with Gasteiger partial charge in [0.25, 0.3) is 0 Å². The average Bonchev–Trinajstić information content (AvgIpc) is 2.66. The molecular formula is C23H25F3O2. The van der Waals surface area contributed by atoms with Gasteiger partial charge in [-0.2, -0.15) is 0 Å². The third kappa shape index (κ3) is 3.29. The average molecular weight is 390 g/mol. The zero-order valence-electron chi connectivity index (χ0n) is 16.2. The number of benzene rings is 2. The molecule has 150 valence electrons. The maximum Gasteiger partial charge on any atom is 0.343 e. The highest BCUT2D eigenvalue weighted by atomic mass is 19.1. The second kappa shape index (κ2) is 7.41. The maximum absolute atomic E-state index is 14.8. The van der Waals surface area contributed by atoms with E-state index in [9.17, 15) is 18.0 Å². The van der Waals surface area contributed by atoms with Crippen LogP contribution < -0.4 is 0 Å². The van der Waals surface area contributed by atoms with Crippen LogP contribution in [-0.2, 0) is 4.74 Å². The molecule has 2 aromatic rings. The topological polar surface area (TPSA) is 26.3 Å². The van der Waals surface area contributed by atoms with E-state index in [0.29, 0.717) is 5.92 Å². The van der Waals surface area contributed by atoms with Crippen molar-refractivity contribution in [3.05, 3.63) is 46.8 Å². The molecule has 0 bridgehead atoms. The van der Waals surface area contributed by atoms with Crippen molar-refractivity contribution in [1.29, 1.82) is 0 Å². The number of hydrogen-bond acceptors (Lipinski definition) is 2. The molecule has 0 radical (unpaired) electrons. The Morgan fingerprint density at radius 2 is 1.68 bits per heavy atom. The van der Waals surface area contributed by atoms with Crippen LogP contribution in [0.1, 0.15) is 67.3 Å². The number of esters is 1. The second-order valence-corrected chi connectivity index (χ2v) is 8.59. The van der Waals surface area contributed by atoms with E-state index in [0.717, 1.165) is 49.8 Å². The summed E-state index contributed by atoms with van der Waals surface area (Å²) >= 11 is 0. The molecule has 0 heterocycles. The molecule has 2 aliphatic carbocycles. The Morgan fingerprint density at radius 3 is 2.43 bits per heavy atom. The van der Waals surface area contributed by atoms with Crippen molar-refractivity contribution in [2.75, 3.05) is 7.11 Å². The molecule has 2 fully saturated rings. The molecule has 4 rings (SSSR count). The third-order valence-corrected chi connectivity index (χ3v) is 6.84. The molecule has 2 aliphatic rings. The summed E-state index contributed by atoms with van der Waals surface area (Å²) in [6.45, 7) is 2.31. The summed E-state index contributed by atoms with van der Waals surface area (Å²) in [5, 5.41) is -0.206. The van der Waals surface area contributed by atoms with Crippen molar-refractivity contribution in [1.82, 2.24) is 0 Å². The van der Waals surface area contributed by atoms with Gasteiger partial charge in [0, 0.05) is 0 Å². The summed E-state index contributed by atoms with van der Waals surface area (Å²) in [5.41, 5.74) is -0.0508. The Balaban J connectivity index is 1.69. The number of ether oxygens (including phenoxy) is 1. The monoisotopic (exact) mass is 390 g/mol. The van der Waals surface area contributed by atoms with Crippen molar-refractivity contribution in [3.8, 4) is 0 Å². The number of halogens is 3. The first-order valence-corrected chi connectivity index (χ1v) is 10.1. The van der Waals surface area contributed by atoms with Gasteiger partial charge in [0.1, 0.15) is 17.2 Å². The Morgan fingerprint density at radius 1 is 0.964 bits per heavy atom.